The Bertz CT molecular complexity index is 213. The fourth-order valence-electron chi connectivity index (χ4n) is 5.70. The summed E-state index contributed by atoms with van der Waals surface area (Å²) in [7, 11) is 0. The van der Waals surface area contributed by atoms with E-state index in [9.17, 15) is 0 Å². The second-order valence-electron chi connectivity index (χ2n) is 6.54. The molecule has 4 aliphatic rings. The van der Waals surface area contributed by atoms with E-state index in [4.69, 9.17) is 0 Å². The van der Waals surface area contributed by atoms with Gasteiger partial charge in [-0.3, -0.25) is 0 Å². The molecule has 0 aromatic rings. The highest BCUT2D eigenvalue weighted by atomic mass is 14.9. The second-order valence-corrected chi connectivity index (χ2v) is 6.54. The maximum absolute atomic E-state index is 1.62. The van der Waals surface area contributed by atoms with Crippen molar-refractivity contribution in [1.29, 1.82) is 0 Å². The molecule has 0 aromatic carbocycles. The summed E-state index contributed by atoms with van der Waals surface area (Å²) < 4.78 is 0. The number of hydrogen-bond acceptors (Lipinski definition) is 0. The van der Waals surface area contributed by atoms with Gasteiger partial charge in [0.25, 0.3) is 0 Å². The average molecular weight is 190 g/mol. The lowest BCUT2D eigenvalue weighted by atomic mass is 9.65. The van der Waals surface area contributed by atoms with E-state index in [-0.39, 0.29) is 0 Å². The van der Waals surface area contributed by atoms with E-state index in [0.29, 0.717) is 0 Å². The molecular weight excluding hydrogens is 168 g/mol. The van der Waals surface area contributed by atoms with Crippen molar-refractivity contribution >= 4 is 0 Å². The van der Waals surface area contributed by atoms with E-state index >= 15 is 0 Å². The molecule has 0 amide bonds. The Morgan fingerprint density at radius 1 is 0.500 bits per heavy atom. The summed E-state index contributed by atoms with van der Waals surface area (Å²) in [6, 6.07) is 0. The van der Waals surface area contributed by atoms with Crippen molar-refractivity contribution in [2.24, 2.45) is 22.7 Å². The first-order valence-electron chi connectivity index (χ1n) is 6.90. The van der Waals surface area contributed by atoms with Gasteiger partial charge in [0.2, 0.25) is 0 Å². The highest BCUT2D eigenvalue weighted by Crippen LogP contribution is 2.94. The molecule has 4 rings (SSSR count). The number of hydrogen-bond donors (Lipinski definition) is 0. The van der Waals surface area contributed by atoms with Gasteiger partial charge in [-0.25, -0.2) is 0 Å². The van der Waals surface area contributed by atoms with Crippen molar-refractivity contribution in [2.75, 3.05) is 0 Å². The minimum absolute atomic E-state index is 0.954. The quantitative estimate of drug-likeness (QED) is 0.538. The van der Waals surface area contributed by atoms with Crippen LogP contribution in [0.4, 0.5) is 0 Å². The summed E-state index contributed by atoms with van der Waals surface area (Å²) in [5.74, 6) is 2.49. The zero-order chi connectivity index (χ0) is 9.23. The minimum Gasteiger partial charge on any atom is -0.0533 e. The lowest BCUT2D eigenvalue weighted by Gasteiger charge is -2.40. The fraction of sp³-hybridized carbons (Fsp3) is 1.00. The van der Waals surface area contributed by atoms with Gasteiger partial charge in [-0.15, -0.1) is 0 Å². The lowest BCUT2D eigenvalue weighted by molar-refractivity contribution is 0.102. The molecule has 0 atom stereocenters. The average Bonchev–Trinajstić information content (AvgIpc) is 3.11. The zero-order valence-electron chi connectivity index (χ0n) is 9.23. The first-order chi connectivity index (χ1) is 6.90. The van der Waals surface area contributed by atoms with Crippen LogP contribution in [0.1, 0.15) is 64.2 Å². The first-order valence-corrected chi connectivity index (χ1v) is 6.90. The van der Waals surface area contributed by atoms with Crippen molar-refractivity contribution in [1.82, 2.24) is 0 Å². The highest BCUT2D eigenvalue weighted by Gasteiger charge is 2.89. The normalized spacial score (nSPS) is 46.3. The molecular formula is C14H22. The molecule has 0 unspecified atom stereocenters. The molecule has 0 bridgehead atoms. The Labute approximate surface area is 87.5 Å². The van der Waals surface area contributed by atoms with Crippen molar-refractivity contribution < 1.29 is 0 Å². The van der Waals surface area contributed by atoms with E-state index in [2.05, 4.69) is 0 Å². The molecule has 4 fully saturated rings. The molecule has 0 heterocycles. The maximum Gasteiger partial charge on any atom is -0.0224 e. The summed E-state index contributed by atoms with van der Waals surface area (Å²) >= 11 is 0. The van der Waals surface area contributed by atoms with Gasteiger partial charge in [-0.2, -0.15) is 0 Å². The molecule has 0 heteroatoms. The molecule has 0 aliphatic heterocycles. The van der Waals surface area contributed by atoms with Crippen LogP contribution < -0.4 is 0 Å². The third-order valence-electron chi connectivity index (χ3n) is 6.16. The molecule has 0 aromatic heterocycles. The van der Waals surface area contributed by atoms with Crippen LogP contribution in [-0.4, -0.2) is 0 Å². The van der Waals surface area contributed by atoms with E-state index in [1.165, 1.54) is 24.7 Å². The van der Waals surface area contributed by atoms with Gasteiger partial charge in [0.15, 0.2) is 0 Å². The predicted molar refractivity (Wildman–Crippen MR) is 58.0 cm³/mol. The van der Waals surface area contributed by atoms with Crippen LogP contribution in [0.2, 0.25) is 0 Å². The highest BCUT2D eigenvalue weighted by molar-refractivity contribution is 5.36. The number of fused-ring (bicyclic) bond motifs is 5. The minimum atomic E-state index is 0.954. The van der Waals surface area contributed by atoms with Crippen LogP contribution in [0, 0.1) is 22.7 Å². The van der Waals surface area contributed by atoms with Gasteiger partial charge in [0.1, 0.15) is 0 Å². The molecule has 14 heavy (non-hydrogen) atoms. The summed E-state index contributed by atoms with van der Waals surface area (Å²) in [6.45, 7) is 0. The summed E-state index contributed by atoms with van der Waals surface area (Å²) in [5.41, 5.74) is 1.91. The monoisotopic (exact) mass is 190 g/mol. The van der Waals surface area contributed by atoms with Crippen molar-refractivity contribution in [2.45, 2.75) is 64.2 Å². The molecule has 2 spiro atoms. The molecule has 4 saturated carbocycles. The van der Waals surface area contributed by atoms with Gasteiger partial charge < -0.3 is 0 Å². The smallest absolute Gasteiger partial charge is 0.0224 e. The zero-order valence-corrected chi connectivity index (χ0v) is 9.23. The first kappa shape index (κ1) is 8.19. The summed E-state index contributed by atoms with van der Waals surface area (Å²) in [4.78, 5) is 0. The molecule has 78 valence electrons. The Morgan fingerprint density at radius 2 is 0.857 bits per heavy atom. The fourth-order valence-corrected chi connectivity index (χ4v) is 5.70. The van der Waals surface area contributed by atoms with Gasteiger partial charge in [0.05, 0.1) is 0 Å². The van der Waals surface area contributed by atoms with Gasteiger partial charge in [-0.1, -0.05) is 38.5 Å². The van der Waals surface area contributed by atoms with Crippen LogP contribution in [0.3, 0.4) is 0 Å². The topological polar surface area (TPSA) is 0 Å². The lowest BCUT2D eigenvalue weighted by Crippen LogP contribution is -2.30. The third-order valence-corrected chi connectivity index (χ3v) is 6.16. The van der Waals surface area contributed by atoms with Crippen molar-refractivity contribution in [3.8, 4) is 0 Å². The Balaban J connectivity index is 1.49. The van der Waals surface area contributed by atoms with E-state index < -0.39 is 0 Å². The van der Waals surface area contributed by atoms with Crippen molar-refractivity contribution in [3.63, 3.8) is 0 Å². The standard InChI is InChI=1S/C14H22/c1-3-7-13(8-4-1)11-12(13)14(11)9-5-2-6-10-14/h11-12H,1-10H2. The molecule has 0 saturated heterocycles. The molecule has 0 N–H and O–H groups in total. The summed E-state index contributed by atoms with van der Waals surface area (Å²) in [5, 5.41) is 0. The predicted octanol–water partition coefficient (Wildman–Crippen LogP) is 4.15. The molecule has 0 radical (unpaired) electrons. The van der Waals surface area contributed by atoms with Gasteiger partial charge >= 0.3 is 0 Å². The summed E-state index contributed by atoms with van der Waals surface area (Å²) in [6.07, 6.45) is 15.8. The SMILES string of the molecule is C1CCC2(CC1)C1C2C12CCCCC2. The molecule has 0 nitrogen and oxygen atoms in total. The van der Waals surface area contributed by atoms with Crippen LogP contribution in [0.5, 0.6) is 0 Å². The van der Waals surface area contributed by atoms with Crippen LogP contribution in [-0.2, 0) is 0 Å². The second kappa shape index (κ2) is 2.39. The number of rotatable bonds is 0. The Hall–Kier alpha value is 0. The Kier molecular flexibility index (Phi) is 1.40. The Morgan fingerprint density at radius 3 is 1.21 bits per heavy atom. The van der Waals surface area contributed by atoms with Crippen LogP contribution >= 0.6 is 0 Å². The third kappa shape index (κ3) is 0.750. The van der Waals surface area contributed by atoms with Crippen LogP contribution in [0.15, 0.2) is 0 Å². The van der Waals surface area contributed by atoms with E-state index in [1.54, 1.807) is 51.4 Å². The van der Waals surface area contributed by atoms with E-state index in [1.807, 2.05) is 0 Å². The van der Waals surface area contributed by atoms with Gasteiger partial charge in [-0.05, 0) is 48.3 Å². The maximum atomic E-state index is 1.62. The van der Waals surface area contributed by atoms with E-state index in [0.717, 1.165) is 10.8 Å². The van der Waals surface area contributed by atoms with Crippen LogP contribution in [0.25, 0.3) is 0 Å². The van der Waals surface area contributed by atoms with Crippen molar-refractivity contribution in [3.05, 3.63) is 0 Å². The molecule has 4 aliphatic carbocycles. The largest absolute Gasteiger partial charge is 0.0533 e. The van der Waals surface area contributed by atoms with Gasteiger partial charge in [0, 0.05) is 0 Å².